The molecule has 0 saturated heterocycles. The number of alkyl halides is 3. The van der Waals surface area contributed by atoms with Gasteiger partial charge in [0.25, 0.3) is 0 Å². The Morgan fingerprint density at radius 2 is 0.681 bits per heavy atom. The molecule has 12 rings (SSSR count). The quantitative estimate of drug-likeness (QED) is 0.157. The highest BCUT2D eigenvalue weighted by molar-refractivity contribution is 6.13. The Kier molecular flexibility index (Phi) is 10.6. The Balaban J connectivity index is 1.28. The van der Waals surface area contributed by atoms with Crippen molar-refractivity contribution < 1.29 is 13.2 Å². The van der Waals surface area contributed by atoms with E-state index in [1.54, 1.807) is 30.3 Å². The van der Waals surface area contributed by atoms with E-state index in [1.165, 1.54) is 0 Å². The SMILES string of the molecule is Cc1ccccc1-c1ccc2c3ccc(-c4ccccc4C)cc3n(-c3cc(-c4cccc(C#N)c4)cc(-n4c5cc(-c6ccccc6C)ccc5c5ccc(-c6ccccc6C)cc54)c3C(F)(F)F)c2c1. The monoisotopic (exact) mass is 937 g/mol. The van der Waals surface area contributed by atoms with Crippen LogP contribution in [-0.4, -0.2) is 9.13 Å². The maximum atomic E-state index is 17.3. The van der Waals surface area contributed by atoms with Crippen molar-refractivity contribution >= 4 is 43.6 Å². The summed E-state index contributed by atoms with van der Waals surface area (Å²) in [5.74, 6) is 0. The van der Waals surface area contributed by atoms with Crippen LogP contribution in [0.15, 0.2) is 206 Å². The standard InChI is InChI=1S/C66H46F3N3/c1-40-14-5-9-20-51(40)46-24-28-55-56-29-25-47(52-21-10-6-15-41(52)2)34-60(56)71(59(55)33-46)63-37-50(45-19-13-18-44(32-45)39-70)38-64(65(63)66(67,68)69)72-61-35-48(53-22-11-7-16-42(53)3)26-30-57(61)58-31-27-49(36-62(58)72)54-23-12-8-17-43(54)4/h5-38H,1-4H3. The van der Waals surface area contributed by atoms with Gasteiger partial charge in [-0.1, -0.05) is 158 Å². The molecular weight excluding hydrogens is 892 g/mol. The second-order valence-corrected chi connectivity index (χ2v) is 18.9. The van der Waals surface area contributed by atoms with Gasteiger partial charge in [0, 0.05) is 21.5 Å². The summed E-state index contributed by atoms with van der Waals surface area (Å²) in [4.78, 5) is 0. The number of benzene rings is 10. The van der Waals surface area contributed by atoms with Crippen molar-refractivity contribution in [2.24, 2.45) is 0 Å². The fourth-order valence-corrected chi connectivity index (χ4v) is 11.0. The third-order valence-corrected chi connectivity index (χ3v) is 14.5. The number of hydrogen-bond acceptors (Lipinski definition) is 1. The van der Waals surface area contributed by atoms with Crippen molar-refractivity contribution in [1.29, 1.82) is 5.26 Å². The zero-order valence-electron chi connectivity index (χ0n) is 40.1. The minimum Gasteiger partial charge on any atom is -0.308 e. The molecule has 10 aromatic carbocycles. The highest BCUT2D eigenvalue weighted by atomic mass is 19.4. The summed E-state index contributed by atoms with van der Waals surface area (Å²) in [6, 6.07) is 69.7. The van der Waals surface area contributed by atoms with Crippen LogP contribution in [0.2, 0.25) is 0 Å². The third kappa shape index (κ3) is 7.36. The van der Waals surface area contributed by atoms with E-state index in [1.807, 2.05) is 112 Å². The van der Waals surface area contributed by atoms with E-state index >= 15 is 13.2 Å². The molecule has 72 heavy (non-hydrogen) atoms. The second-order valence-electron chi connectivity index (χ2n) is 18.9. The number of nitriles is 1. The summed E-state index contributed by atoms with van der Waals surface area (Å²) in [6.45, 7) is 8.21. The molecule has 2 heterocycles. The summed E-state index contributed by atoms with van der Waals surface area (Å²) in [5.41, 5.74) is 15.0. The number of aromatic nitrogens is 2. The first kappa shape index (κ1) is 44.3. The Morgan fingerprint density at radius 3 is 0.986 bits per heavy atom. The summed E-state index contributed by atoms with van der Waals surface area (Å²) >= 11 is 0. The summed E-state index contributed by atoms with van der Waals surface area (Å²) < 4.78 is 55.5. The van der Waals surface area contributed by atoms with Crippen molar-refractivity contribution in [1.82, 2.24) is 9.13 Å². The molecule has 0 N–H and O–H groups in total. The van der Waals surface area contributed by atoms with Crippen molar-refractivity contribution in [3.63, 3.8) is 0 Å². The zero-order valence-corrected chi connectivity index (χ0v) is 40.1. The van der Waals surface area contributed by atoms with Crippen LogP contribution in [0.25, 0.3) is 111 Å². The van der Waals surface area contributed by atoms with Gasteiger partial charge in [-0.25, -0.2) is 0 Å². The molecule has 0 saturated carbocycles. The van der Waals surface area contributed by atoms with Crippen LogP contribution < -0.4 is 0 Å². The van der Waals surface area contributed by atoms with E-state index < -0.39 is 11.7 Å². The molecule has 0 fully saturated rings. The molecule has 0 aliphatic rings. The van der Waals surface area contributed by atoms with Gasteiger partial charge in [0.2, 0.25) is 0 Å². The van der Waals surface area contributed by atoms with Gasteiger partial charge < -0.3 is 9.13 Å². The molecular formula is C66H46F3N3. The third-order valence-electron chi connectivity index (χ3n) is 14.5. The van der Waals surface area contributed by atoms with Gasteiger partial charge in [0.1, 0.15) is 5.56 Å². The molecule has 12 aromatic rings. The molecule has 0 spiro atoms. The molecule has 0 aliphatic carbocycles. The van der Waals surface area contributed by atoms with E-state index in [2.05, 4.69) is 107 Å². The predicted molar refractivity (Wildman–Crippen MR) is 291 cm³/mol. The molecule has 3 nitrogen and oxygen atoms in total. The van der Waals surface area contributed by atoms with E-state index in [0.29, 0.717) is 38.8 Å². The van der Waals surface area contributed by atoms with Crippen molar-refractivity contribution in [2.45, 2.75) is 33.9 Å². The van der Waals surface area contributed by atoms with Crippen LogP contribution in [-0.2, 0) is 6.18 Å². The number of fused-ring (bicyclic) bond motifs is 6. The lowest BCUT2D eigenvalue weighted by molar-refractivity contribution is -0.137. The first-order chi connectivity index (χ1) is 34.9. The molecule has 0 radical (unpaired) electrons. The Bertz CT molecular complexity index is 3780. The highest BCUT2D eigenvalue weighted by Crippen LogP contribution is 2.48. The Hall–Kier alpha value is -8.92. The van der Waals surface area contributed by atoms with Crippen molar-refractivity contribution in [3.05, 3.63) is 240 Å². The highest BCUT2D eigenvalue weighted by Gasteiger charge is 2.40. The second kappa shape index (κ2) is 17.2. The molecule has 2 aromatic heterocycles. The predicted octanol–water partition coefficient (Wildman–Crippen LogP) is 18.3. The van der Waals surface area contributed by atoms with Gasteiger partial charge in [0.05, 0.1) is 45.1 Å². The average molecular weight is 938 g/mol. The van der Waals surface area contributed by atoms with Crippen LogP contribution in [0.5, 0.6) is 0 Å². The molecule has 0 amide bonds. The van der Waals surface area contributed by atoms with Crippen molar-refractivity contribution in [3.8, 4) is 73.1 Å². The average Bonchev–Trinajstić information content (AvgIpc) is 3.89. The minimum atomic E-state index is -4.88. The lowest BCUT2D eigenvalue weighted by Gasteiger charge is -2.23. The molecule has 346 valence electrons. The van der Waals surface area contributed by atoms with E-state index in [4.69, 9.17) is 0 Å². The van der Waals surface area contributed by atoms with Crippen LogP contribution in [0.1, 0.15) is 33.4 Å². The van der Waals surface area contributed by atoms with Crippen LogP contribution >= 0.6 is 0 Å². The molecule has 0 unspecified atom stereocenters. The lowest BCUT2D eigenvalue weighted by Crippen LogP contribution is -2.16. The van der Waals surface area contributed by atoms with Crippen LogP contribution in [0, 0.1) is 39.0 Å². The van der Waals surface area contributed by atoms with Gasteiger partial charge in [-0.3, -0.25) is 0 Å². The molecule has 0 bridgehead atoms. The van der Waals surface area contributed by atoms with Gasteiger partial charge in [-0.2, -0.15) is 18.4 Å². The first-order valence-electron chi connectivity index (χ1n) is 24.1. The number of nitrogens with zero attached hydrogens (tertiary/aromatic N) is 3. The summed E-state index contributed by atoms with van der Waals surface area (Å²) in [5, 5.41) is 13.5. The topological polar surface area (TPSA) is 33.6 Å². The minimum absolute atomic E-state index is 0.0265. The fourth-order valence-electron chi connectivity index (χ4n) is 11.0. The van der Waals surface area contributed by atoms with Gasteiger partial charge in [-0.15, -0.1) is 0 Å². The van der Waals surface area contributed by atoms with E-state index in [-0.39, 0.29) is 11.4 Å². The summed E-state index contributed by atoms with van der Waals surface area (Å²) in [6.07, 6.45) is -4.88. The Morgan fingerprint density at radius 1 is 0.347 bits per heavy atom. The maximum Gasteiger partial charge on any atom is 0.420 e. The smallest absolute Gasteiger partial charge is 0.308 e. The van der Waals surface area contributed by atoms with Crippen LogP contribution in [0.4, 0.5) is 13.2 Å². The summed E-state index contributed by atoms with van der Waals surface area (Å²) in [7, 11) is 0. The fraction of sp³-hybridized carbons (Fsp3) is 0.0758. The first-order valence-corrected chi connectivity index (χ1v) is 24.1. The molecule has 0 aliphatic heterocycles. The van der Waals surface area contributed by atoms with E-state index in [9.17, 15) is 5.26 Å². The van der Waals surface area contributed by atoms with Gasteiger partial charge in [0.15, 0.2) is 0 Å². The largest absolute Gasteiger partial charge is 0.420 e. The Labute approximate surface area is 415 Å². The normalized spacial score (nSPS) is 11.8. The molecule has 0 atom stereocenters. The van der Waals surface area contributed by atoms with Gasteiger partial charge in [-0.05, 0) is 154 Å². The number of hydrogen-bond donors (Lipinski definition) is 0. The lowest BCUT2D eigenvalue weighted by atomic mass is 9.97. The van der Waals surface area contributed by atoms with E-state index in [0.717, 1.165) is 88.3 Å². The zero-order chi connectivity index (χ0) is 49.4. The van der Waals surface area contributed by atoms with Crippen LogP contribution in [0.3, 0.4) is 0 Å². The number of halogens is 3. The number of aryl methyl sites for hydroxylation is 4. The van der Waals surface area contributed by atoms with Crippen molar-refractivity contribution in [2.75, 3.05) is 0 Å². The maximum absolute atomic E-state index is 17.3. The van der Waals surface area contributed by atoms with Gasteiger partial charge >= 0.3 is 6.18 Å². The number of rotatable bonds is 7. The molecule has 6 heteroatoms.